The highest BCUT2D eigenvalue weighted by Crippen LogP contribution is 2.23. The van der Waals surface area contributed by atoms with Crippen molar-refractivity contribution in [3.63, 3.8) is 0 Å². The summed E-state index contributed by atoms with van der Waals surface area (Å²) in [5.41, 5.74) is 6.33. The van der Waals surface area contributed by atoms with Gasteiger partial charge in [-0.3, -0.25) is 0 Å². The molecule has 0 bridgehead atoms. The van der Waals surface area contributed by atoms with Crippen molar-refractivity contribution in [3.05, 3.63) is 29.8 Å². The van der Waals surface area contributed by atoms with E-state index in [2.05, 4.69) is 0 Å². The lowest BCUT2D eigenvalue weighted by atomic mass is 10.0. The summed E-state index contributed by atoms with van der Waals surface area (Å²) in [6, 6.07) is 7.65. The molecular weight excluding hydrogens is 242 g/mol. The molecule has 0 amide bonds. The summed E-state index contributed by atoms with van der Waals surface area (Å²) in [6.45, 7) is 2.88. The molecule has 1 aliphatic heterocycles. The number of ether oxygens (including phenoxy) is 2. The van der Waals surface area contributed by atoms with Gasteiger partial charge in [-0.05, 0) is 49.4 Å². The highest BCUT2D eigenvalue weighted by atomic mass is 16.5. The van der Waals surface area contributed by atoms with Gasteiger partial charge in [0.25, 0.3) is 0 Å². The summed E-state index contributed by atoms with van der Waals surface area (Å²) in [5, 5.41) is 9.91. The van der Waals surface area contributed by atoms with Crippen molar-refractivity contribution < 1.29 is 14.6 Å². The van der Waals surface area contributed by atoms with Crippen LogP contribution in [0.4, 0.5) is 0 Å². The van der Waals surface area contributed by atoms with Crippen LogP contribution in [0.2, 0.25) is 0 Å². The number of hydrogen-bond acceptors (Lipinski definition) is 4. The molecule has 1 fully saturated rings. The Balaban J connectivity index is 1.87. The summed E-state index contributed by atoms with van der Waals surface area (Å²) < 4.78 is 11.1. The Morgan fingerprint density at radius 1 is 1.37 bits per heavy atom. The molecule has 1 saturated heterocycles. The zero-order valence-electron chi connectivity index (χ0n) is 11.3. The van der Waals surface area contributed by atoms with Gasteiger partial charge < -0.3 is 20.3 Å². The van der Waals surface area contributed by atoms with Crippen molar-refractivity contribution in [3.8, 4) is 5.75 Å². The number of aliphatic hydroxyl groups is 1. The van der Waals surface area contributed by atoms with Gasteiger partial charge in [-0.1, -0.05) is 12.1 Å². The van der Waals surface area contributed by atoms with E-state index in [1.165, 1.54) is 0 Å². The minimum Gasteiger partial charge on any atom is -0.493 e. The fraction of sp³-hybridized carbons (Fsp3) is 0.600. The molecule has 1 aromatic rings. The zero-order valence-corrected chi connectivity index (χ0v) is 11.3. The van der Waals surface area contributed by atoms with Crippen LogP contribution in [0.5, 0.6) is 5.75 Å². The highest BCUT2D eigenvalue weighted by Gasteiger charge is 2.14. The van der Waals surface area contributed by atoms with Crippen molar-refractivity contribution in [2.45, 2.75) is 25.4 Å². The fourth-order valence-electron chi connectivity index (χ4n) is 2.26. The number of rotatable bonds is 6. The fourth-order valence-corrected chi connectivity index (χ4v) is 2.26. The summed E-state index contributed by atoms with van der Waals surface area (Å²) in [4.78, 5) is 0. The molecule has 1 heterocycles. The van der Waals surface area contributed by atoms with Gasteiger partial charge in [0.1, 0.15) is 5.75 Å². The highest BCUT2D eigenvalue weighted by molar-refractivity contribution is 5.29. The van der Waals surface area contributed by atoms with Crippen molar-refractivity contribution >= 4 is 0 Å². The number of aliphatic hydroxyl groups excluding tert-OH is 1. The Morgan fingerprint density at radius 3 is 2.89 bits per heavy atom. The smallest absolute Gasteiger partial charge is 0.119 e. The third-order valence-electron chi connectivity index (χ3n) is 3.51. The van der Waals surface area contributed by atoms with Gasteiger partial charge >= 0.3 is 0 Å². The molecule has 0 unspecified atom stereocenters. The maximum atomic E-state index is 9.91. The largest absolute Gasteiger partial charge is 0.493 e. The Labute approximate surface area is 114 Å². The molecular formula is C15H23NO3. The van der Waals surface area contributed by atoms with Gasteiger partial charge in [-0.2, -0.15) is 0 Å². The molecule has 4 nitrogen and oxygen atoms in total. The first-order valence-electron chi connectivity index (χ1n) is 6.98. The van der Waals surface area contributed by atoms with Crippen molar-refractivity contribution in [2.75, 3.05) is 26.4 Å². The summed E-state index contributed by atoms with van der Waals surface area (Å²) >= 11 is 0. The molecule has 0 spiro atoms. The van der Waals surface area contributed by atoms with E-state index < -0.39 is 6.10 Å². The Kier molecular flexibility index (Phi) is 5.63. The van der Waals surface area contributed by atoms with Gasteiger partial charge in [0, 0.05) is 13.2 Å². The van der Waals surface area contributed by atoms with Crippen molar-refractivity contribution in [2.24, 2.45) is 11.7 Å². The predicted molar refractivity (Wildman–Crippen MR) is 74.1 cm³/mol. The van der Waals surface area contributed by atoms with E-state index in [4.69, 9.17) is 15.2 Å². The monoisotopic (exact) mass is 265 g/mol. The van der Waals surface area contributed by atoms with Gasteiger partial charge in [0.15, 0.2) is 0 Å². The Bertz CT molecular complexity index is 377. The minimum atomic E-state index is -0.503. The first kappa shape index (κ1) is 14.3. The molecule has 1 atom stereocenters. The summed E-state index contributed by atoms with van der Waals surface area (Å²) in [6.07, 6.45) is 2.20. The number of hydrogen-bond donors (Lipinski definition) is 2. The maximum Gasteiger partial charge on any atom is 0.119 e. The van der Waals surface area contributed by atoms with Crippen LogP contribution in [0.3, 0.4) is 0 Å². The summed E-state index contributed by atoms with van der Waals surface area (Å²) in [5.74, 6) is 1.39. The van der Waals surface area contributed by atoms with Gasteiger partial charge in [-0.15, -0.1) is 0 Å². The normalized spacial score (nSPS) is 18.2. The lowest BCUT2D eigenvalue weighted by Gasteiger charge is -2.22. The van der Waals surface area contributed by atoms with E-state index in [0.29, 0.717) is 18.9 Å². The Morgan fingerprint density at radius 2 is 2.16 bits per heavy atom. The van der Waals surface area contributed by atoms with Crippen molar-refractivity contribution in [1.29, 1.82) is 0 Å². The molecule has 0 aromatic heterocycles. The molecule has 3 N–H and O–H groups in total. The van der Waals surface area contributed by atoms with Gasteiger partial charge in [0.05, 0.1) is 12.7 Å². The predicted octanol–water partition coefficient (Wildman–Crippen LogP) is 1.87. The van der Waals surface area contributed by atoms with Crippen LogP contribution in [0, 0.1) is 5.92 Å². The Hall–Kier alpha value is -1.10. The van der Waals surface area contributed by atoms with E-state index in [-0.39, 0.29) is 0 Å². The number of nitrogens with two attached hydrogens (primary N) is 1. The molecule has 106 valence electrons. The molecule has 0 saturated carbocycles. The summed E-state index contributed by atoms with van der Waals surface area (Å²) in [7, 11) is 0. The van der Waals surface area contributed by atoms with E-state index in [1.807, 2.05) is 24.3 Å². The maximum absolute atomic E-state index is 9.91. The zero-order chi connectivity index (χ0) is 13.5. The van der Waals surface area contributed by atoms with Crippen LogP contribution in [0.25, 0.3) is 0 Å². The molecule has 0 radical (unpaired) electrons. The van der Waals surface area contributed by atoms with Gasteiger partial charge in [0.2, 0.25) is 0 Å². The first-order valence-corrected chi connectivity index (χ1v) is 6.98. The topological polar surface area (TPSA) is 64.7 Å². The van der Waals surface area contributed by atoms with Crippen LogP contribution in [-0.4, -0.2) is 31.5 Å². The quantitative estimate of drug-likeness (QED) is 0.824. The average molecular weight is 265 g/mol. The van der Waals surface area contributed by atoms with Crippen LogP contribution in [0.15, 0.2) is 24.3 Å². The minimum absolute atomic E-state index is 0.480. The molecule has 1 aromatic carbocycles. The second-order valence-electron chi connectivity index (χ2n) is 5.03. The van der Waals surface area contributed by atoms with Crippen LogP contribution in [0.1, 0.15) is 30.9 Å². The molecule has 2 rings (SSSR count). The van der Waals surface area contributed by atoms with Crippen LogP contribution < -0.4 is 10.5 Å². The van der Waals surface area contributed by atoms with Crippen LogP contribution >= 0.6 is 0 Å². The van der Waals surface area contributed by atoms with Gasteiger partial charge in [-0.25, -0.2) is 0 Å². The van der Waals surface area contributed by atoms with Crippen molar-refractivity contribution in [1.82, 2.24) is 0 Å². The van der Waals surface area contributed by atoms with E-state index in [0.717, 1.165) is 44.0 Å². The molecule has 4 heteroatoms. The molecule has 0 aliphatic carbocycles. The lowest BCUT2D eigenvalue weighted by Crippen LogP contribution is -2.21. The second kappa shape index (κ2) is 7.48. The molecule has 1 aliphatic rings. The molecule has 19 heavy (non-hydrogen) atoms. The van der Waals surface area contributed by atoms with Crippen LogP contribution in [-0.2, 0) is 4.74 Å². The van der Waals surface area contributed by atoms with E-state index in [1.54, 1.807) is 0 Å². The number of benzene rings is 1. The first-order chi connectivity index (χ1) is 9.29. The lowest BCUT2D eigenvalue weighted by molar-refractivity contribution is 0.0497. The third-order valence-corrected chi connectivity index (χ3v) is 3.51. The van der Waals surface area contributed by atoms with E-state index in [9.17, 15) is 5.11 Å². The SMILES string of the molecule is NCC[C@@H](O)c1cccc(OCC2CCOCC2)c1. The third kappa shape index (κ3) is 4.49. The average Bonchev–Trinajstić information content (AvgIpc) is 2.47. The second-order valence-corrected chi connectivity index (χ2v) is 5.03. The van der Waals surface area contributed by atoms with E-state index >= 15 is 0 Å². The standard InChI is InChI=1S/C15H23NO3/c16-7-4-15(17)13-2-1-3-14(10-13)19-11-12-5-8-18-9-6-12/h1-3,10,12,15,17H,4-9,11,16H2/t15-/m1/s1.